The molecule has 2 N–H and O–H groups in total. The van der Waals surface area contributed by atoms with Crippen LogP contribution in [0.1, 0.15) is 45.4 Å². The summed E-state index contributed by atoms with van der Waals surface area (Å²) in [6.07, 6.45) is 6.00. The first-order chi connectivity index (χ1) is 9.24. The van der Waals surface area contributed by atoms with E-state index in [1.807, 2.05) is 11.8 Å². The molecule has 1 aliphatic heterocycles. The number of hydrogen-bond donors (Lipinski definition) is 2. The van der Waals surface area contributed by atoms with Crippen LogP contribution in [0.3, 0.4) is 0 Å². The van der Waals surface area contributed by atoms with Crippen LogP contribution in [-0.2, 0) is 4.79 Å². The highest BCUT2D eigenvalue weighted by atomic mass is 16.2. The number of nitrogens with zero attached hydrogens (tertiary/aromatic N) is 1. The Morgan fingerprint density at radius 1 is 1.32 bits per heavy atom. The second kappa shape index (κ2) is 6.78. The summed E-state index contributed by atoms with van der Waals surface area (Å²) >= 11 is 0. The molecule has 1 heterocycles. The smallest absolute Gasteiger partial charge is 0.317 e. The Balaban J connectivity index is 2.12. The largest absolute Gasteiger partial charge is 0.356 e. The maximum Gasteiger partial charge on any atom is 0.317 e. The van der Waals surface area contributed by atoms with Crippen molar-refractivity contribution in [2.75, 3.05) is 19.6 Å². The molecule has 19 heavy (non-hydrogen) atoms. The Kier molecular flexibility index (Phi) is 5.05. The van der Waals surface area contributed by atoms with Crippen LogP contribution in [0.5, 0.6) is 0 Å². The van der Waals surface area contributed by atoms with Gasteiger partial charge in [0.2, 0.25) is 5.91 Å². The molecule has 2 aliphatic rings. The third-order valence-electron chi connectivity index (χ3n) is 4.18. The van der Waals surface area contributed by atoms with Crippen LogP contribution < -0.4 is 10.6 Å². The highest BCUT2D eigenvalue weighted by Crippen LogP contribution is 2.31. The molecule has 0 aromatic rings. The zero-order valence-corrected chi connectivity index (χ0v) is 11.8. The predicted octanol–water partition coefficient (Wildman–Crippen LogP) is 1.49. The average Bonchev–Trinajstić information content (AvgIpc) is 2.86. The van der Waals surface area contributed by atoms with Crippen molar-refractivity contribution in [3.63, 3.8) is 0 Å². The average molecular weight is 267 g/mol. The summed E-state index contributed by atoms with van der Waals surface area (Å²) in [4.78, 5) is 26.3. The Morgan fingerprint density at radius 3 is 2.95 bits per heavy atom. The Bertz CT molecular complexity index is 333. The Morgan fingerprint density at radius 2 is 2.16 bits per heavy atom. The minimum absolute atomic E-state index is 0.00669. The van der Waals surface area contributed by atoms with E-state index in [0.717, 1.165) is 51.6 Å². The number of urea groups is 1. The molecule has 2 rings (SSSR count). The van der Waals surface area contributed by atoms with Gasteiger partial charge in [0, 0.05) is 25.7 Å². The van der Waals surface area contributed by atoms with Gasteiger partial charge in [0.1, 0.15) is 0 Å². The fourth-order valence-corrected chi connectivity index (χ4v) is 3.22. The van der Waals surface area contributed by atoms with Gasteiger partial charge in [-0.1, -0.05) is 6.42 Å². The molecule has 0 bridgehead atoms. The van der Waals surface area contributed by atoms with E-state index in [2.05, 4.69) is 10.6 Å². The molecule has 3 amide bonds. The number of carbonyl (C=O) groups excluding carboxylic acids is 2. The van der Waals surface area contributed by atoms with Gasteiger partial charge in [-0.25, -0.2) is 4.79 Å². The van der Waals surface area contributed by atoms with Crippen molar-refractivity contribution in [3.05, 3.63) is 0 Å². The molecule has 1 saturated carbocycles. The van der Waals surface area contributed by atoms with Gasteiger partial charge in [-0.15, -0.1) is 0 Å². The van der Waals surface area contributed by atoms with Crippen molar-refractivity contribution in [2.24, 2.45) is 5.92 Å². The van der Waals surface area contributed by atoms with Crippen molar-refractivity contribution in [3.8, 4) is 0 Å². The minimum Gasteiger partial charge on any atom is -0.356 e. The van der Waals surface area contributed by atoms with Crippen LogP contribution in [0.25, 0.3) is 0 Å². The zero-order chi connectivity index (χ0) is 13.7. The SMILES string of the molecule is CCNC(=O)N1CCCCCNC(=O)C2CCCC21. The van der Waals surface area contributed by atoms with E-state index in [-0.39, 0.29) is 23.9 Å². The van der Waals surface area contributed by atoms with Crippen LogP contribution in [0.2, 0.25) is 0 Å². The highest BCUT2D eigenvalue weighted by molar-refractivity contribution is 5.81. The van der Waals surface area contributed by atoms with Gasteiger partial charge in [-0.3, -0.25) is 4.79 Å². The molecule has 0 radical (unpaired) electrons. The predicted molar refractivity (Wildman–Crippen MR) is 73.8 cm³/mol. The molecule has 0 aromatic heterocycles. The maximum absolute atomic E-state index is 12.2. The Hall–Kier alpha value is -1.26. The Labute approximate surface area is 115 Å². The quantitative estimate of drug-likeness (QED) is 0.756. The number of fused-ring (bicyclic) bond motifs is 1. The molecule has 0 aromatic carbocycles. The van der Waals surface area contributed by atoms with Crippen LogP contribution in [0.15, 0.2) is 0 Å². The lowest BCUT2D eigenvalue weighted by molar-refractivity contribution is -0.126. The first-order valence-electron chi connectivity index (χ1n) is 7.56. The molecule has 0 spiro atoms. The number of carbonyl (C=O) groups is 2. The lowest BCUT2D eigenvalue weighted by atomic mass is 9.99. The van der Waals surface area contributed by atoms with E-state index < -0.39 is 0 Å². The second-order valence-corrected chi connectivity index (χ2v) is 5.49. The lowest BCUT2D eigenvalue weighted by Gasteiger charge is -2.33. The summed E-state index contributed by atoms with van der Waals surface area (Å²) in [5.41, 5.74) is 0. The van der Waals surface area contributed by atoms with Gasteiger partial charge in [0.05, 0.1) is 5.92 Å². The maximum atomic E-state index is 12.2. The highest BCUT2D eigenvalue weighted by Gasteiger charge is 2.38. The molecule has 5 heteroatoms. The summed E-state index contributed by atoms with van der Waals surface area (Å²) in [5, 5.41) is 5.90. The first-order valence-corrected chi connectivity index (χ1v) is 7.56. The summed E-state index contributed by atoms with van der Waals surface area (Å²) in [6.45, 7) is 4.13. The van der Waals surface area contributed by atoms with E-state index in [0.29, 0.717) is 6.54 Å². The molecule has 108 valence electrons. The van der Waals surface area contributed by atoms with Crippen LogP contribution in [0, 0.1) is 5.92 Å². The van der Waals surface area contributed by atoms with Crippen molar-refractivity contribution in [1.29, 1.82) is 0 Å². The fourth-order valence-electron chi connectivity index (χ4n) is 3.22. The zero-order valence-electron chi connectivity index (χ0n) is 11.8. The molecular formula is C14H25N3O2. The molecule has 2 atom stereocenters. The normalized spacial score (nSPS) is 28.5. The van der Waals surface area contributed by atoms with Gasteiger partial charge in [0.25, 0.3) is 0 Å². The van der Waals surface area contributed by atoms with E-state index in [9.17, 15) is 9.59 Å². The van der Waals surface area contributed by atoms with E-state index in [1.54, 1.807) is 0 Å². The van der Waals surface area contributed by atoms with Crippen LogP contribution in [-0.4, -0.2) is 42.5 Å². The molecule has 1 aliphatic carbocycles. The summed E-state index contributed by atoms with van der Waals surface area (Å²) in [6, 6.07) is 0.0809. The fraction of sp³-hybridized carbons (Fsp3) is 0.857. The topological polar surface area (TPSA) is 61.4 Å². The van der Waals surface area contributed by atoms with Gasteiger partial charge in [-0.05, 0) is 39.0 Å². The van der Waals surface area contributed by atoms with Crippen molar-refractivity contribution in [1.82, 2.24) is 15.5 Å². The molecule has 2 fully saturated rings. The van der Waals surface area contributed by atoms with E-state index in [4.69, 9.17) is 0 Å². The standard InChI is InChI=1S/C14H25N3O2/c1-2-15-14(19)17-10-5-3-4-9-16-13(18)11-7-6-8-12(11)17/h11-12H,2-10H2,1H3,(H,15,19)(H,16,18). The number of hydrogen-bond acceptors (Lipinski definition) is 2. The molecule has 1 saturated heterocycles. The van der Waals surface area contributed by atoms with Gasteiger partial charge < -0.3 is 15.5 Å². The summed E-state index contributed by atoms with van der Waals surface area (Å²) < 4.78 is 0. The number of amides is 3. The van der Waals surface area contributed by atoms with Crippen molar-refractivity contribution in [2.45, 2.75) is 51.5 Å². The van der Waals surface area contributed by atoms with Crippen LogP contribution >= 0.6 is 0 Å². The molecule has 2 unspecified atom stereocenters. The molecule has 5 nitrogen and oxygen atoms in total. The van der Waals surface area contributed by atoms with Crippen molar-refractivity contribution < 1.29 is 9.59 Å². The van der Waals surface area contributed by atoms with Crippen molar-refractivity contribution >= 4 is 11.9 Å². The monoisotopic (exact) mass is 267 g/mol. The van der Waals surface area contributed by atoms with E-state index >= 15 is 0 Å². The third kappa shape index (κ3) is 3.39. The number of rotatable bonds is 1. The van der Waals surface area contributed by atoms with Crippen LogP contribution in [0.4, 0.5) is 4.79 Å². The second-order valence-electron chi connectivity index (χ2n) is 5.49. The minimum atomic E-state index is -0.0132. The first kappa shape index (κ1) is 14.2. The number of nitrogens with one attached hydrogen (secondary N) is 2. The lowest BCUT2D eigenvalue weighted by Crippen LogP contribution is -2.51. The molecular weight excluding hydrogens is 242 g/mol. The summed E-state index contributed by atoms with van der Waals surface area (Å²) in [5.74, 6) is 0.124. The third-order valence-corrected chi connectivity index (χ3v) is 4.18. The van der Waals surface area contributed by atoms with Gasteiger partial charge in [-0.2, -0.15) is 0 Å². The summed E-state index contributed by atoms with van der Waals surface area (Å²) in [7, 11) is 0. The van der Waals surface area contributed by atoms with Gasteiger partial charge >= 0.3 is 6.03 Å². The van der Waals surface area contributed by atoms with Gasteiger partial charge in [0.15, 0.2) is 0 Å². The van der Waals surface area contributed by atoms with E-state index in [1.165, 1.54) is 0 Å².